The molecule has 0 heterocycles. The zero-order valence-corrected chi connectivity index (χ0v) is 15.7. The molecule has 0 saturated heterocycles. The van der Waals surface area contributed by atoms with Crippen molar-refractivity contribution in [3.8, 4) is 5.75 Å². The maximum atomic E-state index is 6.15. The maximum absolute atomic E-state index is 6.15. The fourth-order valence-electron chi connectivity index (χ4n) is 3.17. The lowest BCUT2D eigenvalue weighted by molar-refractivity contribution is 0.321. The van der Waals surface area contributed by atoms with Gasteiger partial charge in [0, 0.05) is 18.7 Å². The molecule has 0 N–H and O–H groups in total. The Morgan fingerprint density at radius 2 is 1.62 bits per heavy atom. The highest BCUT2D eigenvalue weighted by Gasteiger charge is 2.07. The minimum absolute atomic E-state index is 0.674. The minimum atomic E-state index is 0.674. The highest BCUT2D eigenvalue weighted by molar-refractivity contribution is 5.48. The van der Waals surface area contributed by atoms with Crippen LogP contribution in [0.25, 0.3) is 0 Å². The number of anilines is 1. The zero-order valence-electron chi connectivity index (χ0n) is 15.7. The summed E-state index contributed by atoms with van der Waals surface area (Å²) in [6, 6.07) is 27.5. The van der Waals surface area contributed by atoms with Gasteiger partial charge in [0.1, 0.15) is 12.4 Å². The van der Waals surface area contributed by atoms with Crippen LogP contribution in [0.15, 0.2) is 78.9 Å². The molecular formula is C24H27NO. The van der Waals surface area contributed by atoms with E-state index in [-0.39, 0.29) is 0 Å². The molecule has 0 aliphatic rings. The number of rotatable bonds is 8. The van der Waals surface area contributed by atoms with Gasteiger partial charge in [0.2, 0.25) is 0 Å². The van der Waals surface area contributed by atoms with Gasteiger partial charge in [-0.15, -0.1) is 0 Å². The van der Waals surface area contributed by atoms with E-state index in [4.69, 9.17) is 4.74 Å². The molecule has 2 nitrogen and oxygen atoms in total. The Morgan fingerprint density at radius 3 is 2.38 bits per heavy atom. The van der Waals surface area contributed by atoms with Crippen molar-refractivity contribution in [1.29, 1.82) is 0 Å². The second kappa shape index (κ2) is 9.10. The largest absolute Gasteiger partial charge is 0.491 e. The predicted octanol–water partition coefficient (Wildman–Crippen LogP) is 5.49. The molecule has 0 fully saturated rings. The summed E-state index contributed by atoms with van der Waals surface area (Å²) in [5, 5.41) is 0. The van der Waals surface area contributed by atoms with Gasteiger partial charge in [-0.25, -0.2) is 0 Å². The maximum Gasteiger partial charge on any atom is 0.122 e. The molecule has 0 bridgehead atoms. The first kappa shape index (κ1) is 18.1. The Labute approximate surface area is 157 Å². The van der Waals surface area contributed by atoms with Crippen LogP contribution < -0.4 is 9.64 Å². The minimum Gasteiger partial charge on any atom is -0.491 e. The van der Waals surface area contributed by atoms with Crippen molar-refractivity contribution in [2.45, 2.75) is 20.3 Å². The second-order valence-electron chi connectivity index (χ2n) is 6.54. The van der Waals surface area contributed by atoms with Crippen LogP contribution in [0.3, 0.4) is 0 Å². The SMILES string of the molecule is CCN(CCOc1ccccc1Cc1ccccc1)c1cccc(C)c1. The molecule has 26 heavy (non-hydrogen) atoms. The predicted molar refractivity (Wildman–Crippen MR) is 110 cm³/mol. The molecule has 0 aliphatic carbocycles. The number of para-hydroxylation sites is 1. The first-order chi connectivity index (χ1) is 12.8. The van der Waals surface area contributed by atoms with Gasteiger partial charge in [0.25, 0.3) is 0 Å². The van der Waals surface area contributed by atoms with Crippen molar-refractivity contribution >= 4 is 5.69 Å². The fourth-order valence-corrected chi connectivity index (χ4v) is 3.17. The Hall–Kier alpha value is -2.74. The van der Waals surface area contributed by atoms with E-state index in [0.29, 0.717) is 6.61 Å². The van der Waals surface area contributed by atoms with E-state index in [1.165, 1.54) is 22.4 Å². The van der Waals surface area contributed by atoms with E-state index in [1.54, 1.807) is 0 Å². The van der Waals surface area contributed by atoms with Gasteiger partial charge in [0.05, 0.1) is 6.54 Å². The van der Waals surface area contributed by atoms with Crippen LogP contribution in [0.2, 0.25) is 0 Å². The van der Waals surface area contributed by atoms with E-state index in [0.717, 1.165) is 25.3 Å². The number of hydrogen-bond acceptors (Lipinski definition) is 2. The van der Waals surface area contributed by atoms with Crippen molar-refractivity contribution in [2.75, 3.05) is 24.6 Å². The summed E-state index contributed by atoms with van der Waals surface area (Å²) in [6.07, 6.45) is 0.895. The molecule has 3 aromatic carbocycles. The lowest BCUT2D eigenvalue weighted by Gasteiger charge is -2.24. The summed E-state index contributed by atoms with van der Waals surface area (Å²) < 4.78 is 6.15. The van der Waals surface area contributed by atoms with Crippen LogP contribution in [-0.2, 0) is 6.42 Å². The Kier molecular flexibility index (Phi) is 6.32. The molecule has 0 radical (unpaired) electrons. The van der Waals surface area contributed by atoms with Gasteiger partial charge < -0.3 is 9.64 Å². The molecule has 0 unspecified atom stereocenters. The molecular weight excluding hydrogens is 318 g/mol. The number of nitrogens with zero attached hydrogens (tertiary/aromatic N) is 1. The summed E-state index contributed by atoms with van der Waals surface area (Å²) in [4.78, 5) is 2.35. The second-order valence-corrected chi connectivity index (χ2v) is 6.54. The van der Waals surface area contributed by atoms with Crippen LogP contribution in [0.1, 0.15) is 23.6 Å². The summed E-state index contributed by atoms with van der Waals surface area (Å²) in [5.74, 6) is 0.983. The number of ether oxygens (including phenoxy) is 1. The molecule has 3 aromatic rings. The highest BCUT2D eigenvalue weighted by Crippen LogP contribution is 2.22. The lowest BCUT2D eigenvalue weighted by Crippen LogP contribution is -2.28. The molecule has 0 atom stereocenters. The highest BCUT2D eigenvalue weighted by atomic mass is 16.5. The van der Waals surface area contributed by atoms with Gasteiger partial charge >= 0.3 is 0 Å². The fraction of sp³-hybridized carbons (Fsp3) is 0.250. The van der Waals surface area contributed by atoms with Gasteiger partial charge in [-0.2, -0.15) is 0 Å². The third kappa shape index (κ3) is 4.89. The topological polar surface area (TPSA) is 12.5 Å². The number of hydrogen-bond donors (Lipinski definition) is 0. The van der Waals surface area contributed by atoms with Crippen LogP contribution in [0.5, 0.6) is 5.75 Å². The summed E-state index contributed by atoms with van der Waals surface area (Å²) in [6.45, 7) is 6.84. The van der Waals surface area contributed by atoms with Crippen LogP contribution >= 0.6 is 0 Å². The molecule has 0 aromatic heterocycles. The third-order valence-electron chi connectivity index (χ3n) is 4.58. The lowest BCUT2D eigenvalue weighted by atomic mass is 10.0. The molecule has 0 spiro atoms. The van der Waals surface area contributed by atoms with Gasteiger partial charge in [0.15, 0.2) is 0 Å². The Bertz CT molecular complexity index is 813. The van der Waals surface area contributed by atoms with E-state index in [9.17, 15) is 0 Å². The first-order valence-electron chi connectivity index (χ1n) is 9.32. The molecule has 0 amide bonds. The average Bonchev–Trinajstić information content (AvgIpc) is 2.67. The zero-order chi connectivity index (χ0) is 18.2. The standard InChI is InChI=1S/C24H27NO/c1-3-25(23-14-9-10-20(2)18-23)16-17-26-24-15-8-7-13-22(24)19-21-11-5-4-6-12-21/h4-15,18H,3,16-17,19H2,1-2H3. The van der Waals surface area contributed by atoms with Crippen molar-refractivity contribution in [3.63, 3.8) is 0 Å². The van der Waals surface area contributed by atoms with E-state index in [1.807, 2.05) is 6.07 Å². The van der Waals surface area contributed by atoms with Crippen molar-refractivity contribution < 1.29 is 4.74 Å². The Balaban J connectivity index is 1.62. The number of likely N-dealkylation sites (N-methyl/N-ethyl adjacent to an activating group) is 1. The molecule has 134 valence electrons. The molecule has 2 heteroatoms. The van der Waals surface area contributed by atoms with Crippen molar-refractivity contribution in [1.82, 2.24) is 0 Å². The van der Waals surface area contributed by atoms with Gasteiger partial charge in [-0.05, 0) is 48.7 Å². The van der Waals surface area contributed by atoms with Crippen molar-refractivity contribution in [2.24, 2.45) is 0 Å². The normalized spacial score (nSPS) is 10.5. The number of aryl methyl sites for hydroxylation is 1. The first-order valence-corrected chi connectivity index (χ1v) is 9.32. The Morgan fingerprint density at radius 1 is 0.846 bits per heavy atom. The number of benzene rings is 3. The molecule has 0 saturated carbocycles. The van der Waals surface area contributed by atoms with Crippen LogP contribution in [-0.4, -0.2) is 19.7 Å². The van der Waals surface area contributed by atoms with Crippen LogP contribution in [0, 0.1) is 6.92 Å². The summed E-state index contributed by atoms with van der Waals surface area (Å²) in [5.41, 5.74) is 5.08. The van der Waals surface area contributed by atoms with Crippen LogP contribution in [0.4, 0.5) is 5.69 Å². The van der Waals surface area contributed by atoms with E-state index < -0.39 is 0 Å². The summed E-state index contributed by atoms with van der Waals surface area (Å²) in [7, 11) is 0. The van der Waals surface area contributed by atoms with Gasteiger partial charge in [-0.1, -0.05) is 60.7 Å². The molecule has 0 aliphatic heterocycles. The van der Waals surface area contributed by atoms with E-state index >= 15 is 0 Å². The smallest absolute Gasteiger partial charge is 0.122 e. The monoisotopic (exact) mass is 345 g/mol. The summed E-state index contributed by atoms with van der Waals surface area (Å²) >= 11 is 0. The quantitative estimate of drug-likeness (QED) is 0.535. The average molecular weight is 345 g/mol. The molecule has 3 rings (SSSR count). The van der Waals surface area contributed by atoms with Gasteiger partial charge in [-0.3, -0.25) is 0 Å². The van der Waals surface area contributed by atoms with E-state index in [2.05, 4.69) is 91.5 Å². The van der Waals surface area contributed by atoms with Crippen molar-refractivity contribution in [3.05, 3.63) is 95.6 Å². The third-order valence-corrected chi connectivity index (χ3v) is 4.58.